The van der Waals surface area contributed by atoms with E-state index in [9.17, 15) is 14.4 Å². The van der Waals surface area contributed by atoms with Crippen LogP contribution in [0.2, 0.25) is 0 Å². The van der Waals surface area contributed by atoms with Crippen molar-refractivity contribution in [3.05, 3.63) is 50.7 Å². The van der Waals surface area contributed by atoms with Gasteiger partial charge in [-0.3, -0.25) is 14.2 Å². The number of rotatable bonds is 6. The van der Waals surface area contributed by atoms with Crippen molar-refractivity contribution >= 4 is 29.1 Å². The topological polar surface area (TPSA) is 102 Å². The molecule has 2 rings (SSSR count). The van der Waals surface area contributed by atoms with Gasteiger partial charge in [-0.15, -0.1) is 0 Å². The van der Waals surface area contributed by atoms with Crippen LogP contribution >= 0.6 is 11.8 Å². The van der Waals surface area contributed by atoms with E-state index in [4.69, 9.17) is 0 Å². The van der Waals surface area contributed by atoms with E-state index in [-0.39, 0.29) is 16.7 Å². The summed E-state index contributed by atoms with van der Waals surface area (Å²) in [4.78, 5) is 37.6. The summed E-state index contributed by atoms with van der Waals surface area (Å²) in [6.45, 7) is 1.79. The first kappa shape index (κ1) is 20.4. The molecule has 9 nitrogen and oxygen atoms in total. The van der Waals surface area contributed by atoms with Crippen LogP contribution in [-0.4, -0.2) is 45.8 Å². The minimum Gasteiger partial charge on any atom is -0.378 e. The molecule has 0 aliphatic heterocycles. The van der Waals surface area contributed by atoms with Crippen LogP contribution in [-0.2, 0) is 18.9 Å². The molecule has 0 radical (unpaired) electrons. The lowest BCUT2D eigenvalue weighted by Crippen LogP contribution is -2.39. The molecule has 27 heavy (non-hydrogen) atoms. The van der Waals surface area contributed by atoms with Crippen molar-refractivity contribution in [3.63, 3.8) is 0 Å². The van der Waals surface area contributed by atoms with Gasteiger partial charge in [0.25, 0.3) is 5.56 Å². The van der Waals surface area contributed by atoms with Crippen LogP contribution < -0.4 is 21.6 Å². The van der Waals surface area contributed by atoms with Gasteiger partial charge in [0.05, 0.1) is 11.5 Å². The van der Waals surface area contributed by atoms with Crippen molar-refractivity contribution in [2.45, 2.75) is 11.9 Å². The number of amides is 1. The third-order valence-corrected chi connectivity index (χ3v) is 4.72. The molecule has 1 amide bonds. The number of anilines is 1. The molecule has 0 unspecified atom stereocenters. The van der Waals surface area contributed by atoms with Crippen molar-refractivity contribution in [1.29, 1.82) is 0 Å². The lowest BCUT2D eigenvalue weighted by Gasteiger charge is -2.12. The summed E-state index contributed by atoms with van der Waals surface area (Å²) in [5, 5.41) is 8.05. The number of nitrogens with one attached hydrogen (secondary N) is 1. The van der Waals surface area contributed by atoms with E-state index in [1.165, 1.54) is 14.1 Å². The summed E-state index contributed by atoms with van der Waals surface area (Å²) >= 11 is 0.954. The maximum Gasteiger partial charge on any atom is 0.346 e. The standard InChI is InChI=1S/C17H22N6O3S/c1-11(12-6-8-13(9-7-12)21(2)3)18-19-14(24)10-27-15-16(25)22(4)17(26)23(5)20-15/h6-9H,10H2,1-5H3,(H,19,24)/b18-11-. The third-order valence-electron chi connectivity index (χ3n) is 3.78. The van der Waals surface area contributed by atoms with Crippen molar-refractivity contribution in [1.82, 2.24) is 19.8 Å². The molecule has 0 saturated heterocycles. The Hall–Kier alpha value is -2.88. The molecule has 1 aromatic heterocycles. The Morgan fingerprint density at radius 2 is 1.85 bits per heavy atom. The van der Waals surface area contributed by atoms with E-state index in [1.54, 1.807) is 6.92 Å². The summed E-state index contributed by atoms with van der Waals surface area (Å²) in [5.74, 6) is -0.418. The highest BCUT2D eigenvalue weighted by Crippen LogP contribution is 2.13. The fourth-order valence-electron chi connectivity index (χ4n) is 2.14. The lowest BCUT2D eigenvalue weighted by molar-refractivity contribution is -0.118. The highest BCUT2D eigenvalue weighted by molar-refractivity contribution is 7.99. The number of hydrogen-bond donors (Lipinski definition) is 1. The van der Waals surface area contributed by atoms with Crippen molar-refractivity contribution < 1.29 is 4.79 Å². The second-order valence-electron chi connectivity index (χ2n) is 6.04. The molecule has 1 aromatic carbocycles. The van der Waals surface area contributed by atoms with E-state index in [2.05, 4.69) is 15.6 Å². The molecule has 0 fully saturated rings. The number of aryl methyl sites for hydroxylation is 1. The van der Waals surface area contributed by atoms with Crippen LogP contribution in [0.15, 0.2) is 44.0 Å². The van der Waals surface area contributed by atoms with Crippen molar-refractivity contribution in [3.8, 4) is 0 Å². The molecular formula is C17H22N6O3S. The Kier molecular flexibility index (Phi) is 6.56. The Bertz CT molecular complexity index is 976. The molecule has 2 aromatic rings. The number of nitrogens with zero attached hydrogens (tertiary/aromatic N) is 5. The van der Waals surface area contributed by atoms with Gasteiger partial charge in [-0.1, -0.05) is 23.9 Å². The normalized spacial score (nSPS) is 11.4. The van der Waals surface area contributed by atoms with Crippen LogP contribution in [0.1, 0.15) is 12.5 Å². The SMILES string of the molecule is C/C(=N/NC(=O)CSc1nn(C)c(=O)n(C)c1=O)c1ccc(N(C)C)cc1. The summed E-state index contributed by atoms with van der Waals surface area (Å²) in [6.07, 6.45) is 0. The lowest BCUT2D eigenvalue weighted by atomic mass is 10.1. The Labute approximate surface area is 160 Å². The van der Waals surface area contributed by atoms with Crippen molar-refractivity contribution in [2.75, 3.05) is 24.7 Å². The number of aromatic nitrogens is 3. The van der Waals surface area contributed by atoms with E-state index >= 15 is 0 Å². The number of hydrogen-bond acceptors (Lipinski definition) is 7. The molecule has 144 valence electrons. The van der Waals surface area contributed by atoms with Crippen LogP contribution in [0.3, 0.4) is 0 Å². The minimum absolute atomic E-state index is 0.0449. The smallest absolute Gasteiger partial charge is 0.346 e. The molecule has 1 N–H and O–H groups in total. The number of carbonyl (C=O) groups is 1. The summed E-state index contributed by atoms with van der Waals surface area (Å²) in [6, 6.07) is 7.78. The average Bonchev–Trinajstić information content (AvgIpc) is 2.66. The van der Waals surface area contributed by atoms with Gasteiger partial charge in [0.2, 0.25) is 5.91 Å². The summed E-state index contributed by atoms with van der Waals surface area (Å²) < 4.78 is 2.01. The number of thioether (sulfide) groups is 1. The first-order valence-electron chi connectivity index (χ1n) is 8.08. The van der Waals surface area contributed by atoms with Crippen LogP contribution in [0, 0.1) is 0 Å². The van der Waals surface area contributed by atoms with E-state index in [0.717, 1.165) is 32.3 Å². The zero-order chi connectivity index (χ0) is 20.1. The van der Waals surface area contributed by atoms with Crippen molar-refractivity contribution in [2.24, 2.45) is 19.2 Å². The number of carbonyl (C=O) groups excluding carboxylic acids is 1. The van der Waals surface area contributed by atoms with Gasteiger partial charge in [-0.25, -0.2) is 14.9 Å². The molecule has 0 atom stereocenters. The van der Waals surface area contributed by atoms with Crippen LogP contribution in [0.5, 0.6) is 0 Å². The molecule has 1 heterocycles. The molecular weight excluding hydrogens is 368 g/mol. The Morgan fingerprint density at radius 3 is 2.44 bits per heavy atom. The largest absolute Gasteiger partial charge is 0.378 e. The molecule has 0 saturated carbocycles. The molecule has 0 spiro atoms. The number of benzene rings is 1. The molecule has 10 heteroatoms. The first-order chi connectivity index (χ1) is 12.7. The Balaban J connectivity index is 1.99. The zero-order valence-electron chi connectivity index (χ0n) is 15.9. The maximum atomic E-state index is 12.0. The van der Waals surface area contributed by atoms with Gasteiger partial charge in [-0.2, -0.15) is 10.2 Å². The second-order valence-corrected chi connectivity index (χ2v) is 7.00. The highest BCUT2D eigenvalue weighted by atomic mass is 32.2. The van der Waals surface area contributed by atoms with Gasteiger partial charge in [-0.05, 0) is 24.6 Å². The second kappa shape index (κ2) is 8.67. The highest BCUT2D eigenvalue weighted by Gasteiger charge is 2.11. The van der Waals surface area contributed by atoms with Gasteiger partial charge in [0.1, 0.15) is 0 Å². The molecule has 0 aliphatic carbocycles. The fraction of sp³-hybridized carbons (Fsp3) is 0.353. The van der Waals surface area contributed by atoms with Gasteiger partial charge in [0, 0.05) is 33.9 Å². The molecule has 0 bridgehead atoms. The van der Waals surface area contributed by atoms with Gasteiger partial charge in [0.15, 0.2) is 5.03 Å². The monoisotopic (exact) mass is 390 g/mol. The van der Waals surface area contributed by atoms with E-state index in [1.807, 2.05) is 43.3 Å². The third kappa shape index (κ3) is 5.07. The zero-order valence-corrected chi connectivity index (χ0v) is 16.7. The molecule has 0 aliphatic rings. The minimum atomic E-state index is -0.531. The van der Waals surface area contributed by atoms with E-state index in [0.29, 0.717) is 5.71 Å². The predicted molar refractivity (Wildman–Crippen MR) is 107 cm³/mol. The summed E-state index contributed by atoms with van der Waals surface area (Å²) in [5.41, 5.74) is 4.03. The quantitative estimate of drug-likeness (QED) is 0.429. The number of hydrazone groups is 1. The predicted octanol–water partition coefficient (Wildman–Crippen LogP) is 0.178. The Morgan fingerprint density at radius 1 is 1.22 bits per heavy atom. The summed E-state index contributed by atoms with van der Waals surface area (Å²) in [7, 11) is 6.73. The van der Waals surface area contributed by atoms with Gasteiger partial charge >= 0.3 is 5.69 Å². The van der Waals surface area contributed by atoms with Crippen LogP contribution in [0.25, 0.3) is 0 Å². The van der Waals surface area contributed by atoms with Crippen LogP contribution in [0.4, 0.5) is 5.69 Å². The first-order valence-corrected chi connectivity index (χ1v) is 9.07. The fourth-order valence-corrected chi connectivity index (χ4v) is 2.91. The maximum absolute atomic E-state index is 12.0. The van der Waals surface area contributed by atoms with E-state index < -0.39 is 11.2 Å². The average molecular weight is 390 g/mol. The van der Waals surface area contributed by atoms with Gasteiger partial charge < -0.3 is 4.90 Å².